The van der Waals surface area contributed by atoms with Crippen LogP contribution in [0.2, 0.25) is 0 Å². The number of hydrogen-bond donors (Lipinski definition) is 1. The van der Waals surface area contributed by atoms with Crippen LogP contribution in [0.1, 0.15) is 29.0 Å². The van der Waals surface area contributed by atoms with Crippen LogP contribution in [0.5, 0.6) is 11.5 Å². The maximum absolute atomic E-state index is 6.35. The van der Waals surface area contributed by atoms with Crippen molar-refractivity contribution in [3.8, 4) is 11.5 Å². The van der Waals surface area contributed by atoms with E-state index in [0.717, 1.165) is 27.5 Å². The van der Waals surface area contributed by atoms with E-state index in [0.29, 0.717) is 13.2 Å². The van der Waals surface area contributed by atoms with Gasteiger partial charge < -0.3 is 15.2 Å². The van der Waals surface area contributed by atoms with Gasteiger partial charge in [0.25, 0.3) is 0 Å². The fraction of sp³-hybridized carbons (Fsp3) is 0.200. The Balaban J connectivity index is 1.79. The Morgan fingerprint density at radius 3 is 2.50 bits per heavy atom. The van der Waals surface area contributed by atoms with E-state index in [1.165, 1.54) is 0 Å². The van der Waals surface area contributed by atoms with Gasteiger partial charge in [0.1, 0.15) is 6.61 Å². The summed E-state index contributed by atoms with van der Waals surface area (Å²) in [6.45, 7) is 3.06. The molecule has 0 aliphatic rings. The van der Waals surface area contributed by atoms with E-state index >= 15 is 0 Å². The molecule has 1 aromatic heterocycles. The van der Waals surface area contributed by atoms with E-state index in [-0.39, 0.29) is 6.04 Å². The first-order valence-corrected chi connectivity index (χ1v) is 8.88. The van der Waals surface area contributed by atoms with Crippen LogP contribution in [0.3, 0.4) is 0 Å². The third-order valence-electron chi connectivity index (χ3n) is 3.71. The molecule has 1 heterocycles. The fourth-order valence-corrected chi connectivity index (χ4v) is 3.23. The number of thiophene rings is 1. The van der Waals surface area contributed by atoms with Crippen molar-refractivity contribution in [2.75, 3.05) is 6.61 Å². The zero-order valence-corrected chi connectivity index (χ0v) is 14.5. The zero-order chi connectivity index (χ0) is 16.8. The van der Waals surface area contributed by atoms with Crippen molar-refractivity contribution in [3.63, 3.8) is 0 Å². The van der Waals surface area contributed by atoms with E-state index in [2.05, 4.69) is 6.07 Å². The Morgan fingerprint density at radius 2 is 1.79 bits per heavy atom. The molecule has 1 atom stereocenters. The van der Waals surface area contributed by atoms with E-state index in [4.69, 9.17) is 15.2 Å². The summed E-state index contributed by atoms with van der Waals surface area (Å²) >= 11 is 1.66. The fourth-order valence-electron chi connectivity index (χ4n) is 2.47. The van der Waals surface area contributed by atoms with Gasteiger partial charge in [-0.3, -0.25) is 0 Å². The second-order valence-corrected chi connectivity index (χ2v) is 6.39. The molecule has 0 amide bonds. The largest absolute Gasteiger partial charge is 0.490 e. The summed E-state index contributed by atoms with van der Waals surface area (Å²) in [6.07, 6.45) is 0. The summed E-state index contributed by atoms with van der Waals surface area (Å²) in [5.41, 5.74) is 8.50. The third kappa shape index (κ3) is 3.96. The zero-order valence-electron chi connectivity index (χ0n) is 13.6. The van der Waals surface area contributed by atoms with Gasteiger partial charge in [-0.25, -0.2) is 0 Å². The summed E-state index contributed by atoms with van der Waals surface area (Å²) in [5, 5.41) is 2.04. The highest BCUT2D eigenvalue weighted by atomic mass is 32.1. The molecule has 2 N–H and O–H groups in total. The summed E-state index contributed by atoms with van der Waals surface area (Å²) in [4.78, 5) is 1.13. The van der Waals surface area contributed by atoms with Gasteiger partial charge in [0, 0.05) is 4.88 Å². The van der Waals surface area contributed by atoms with Gasteiger partial charge in [0.05, 0.1) is 12.6 Å². The first-order valence-electron chi connectivity index (χ1n) is 8.00. The lowest BCUT2D eigenvalue weighted by molar-refractivity contribution is 0.269. The summed E-state index contributed by atoms with van der Waals surface area (Å²) in [5.74, 6) is 1.47. The molecule has 3 nitrogen and oxygen atoms in total. The molecule has 3 aromatic rings. The molecule has 124 valence electrons. The SMILES string of the molecule is CCOc1cc([C@H](N)c2cccs2)ccc1OCc1ccccc1. The van der Waals surface area contributed by atoms with Crippen molar-refractivity contribution in [2.24, 2.45) is 5.73 Å². The molecule has 4 heteroatoms. The van der Waals surface area contributed by atoms with Crippen LogP contribution in [0.15, 0.2) is 66.0 Å². The van der Waals surface area contributed by atoms with Crippen LogP contribution >= 0.6 is 11.3 Å². The minimum absolute atomic E-state index is 0.146. The summed E-state index contributed by atoms with van der Waals surface area (Å²) < 4.78 is 11.7. The van der Waals surface area contributed by atoms with Crippen molar-refractivity contribution in [2.45, 2.75) is 19.6 Å². The second-order valence-electron chi connectivity index (χ2n) is 5.41. The molecular weight excluding hydrogens is 318 g/mol. The Labute approximate surface area is 146 Å². The number of nitrogens with two attached hydrogens (primary N) is 1. The molecule has 0 spiro atoms. The Bertz CT molecular complexity index is 757. The number of benzene rings is 2. The Hall–Kier alpha value is -2.30. The molecular formula is C20H21NO2S. The lowest BCUT2D eigenvalue weighted by Gasteiger charge is -2.16. The smallest absolute Gasteiger partial charge is 0.161 e. The van der Waals surface area contributed by atoms with Gasteiger partial charge in [0.2, 0.25) is 0 Å². The topological polar surface area (TPSA) is 44.5 Å². The van der Waals surface area contributed by atoms with Crippen molar-refractivity contribution in [1.82, 2.24) is 0 Å². The van der Waals surface area contributed by atoms with Crippen LogP contribution in [-0.4, -0.2) is 6.61 Å². The second kappa shape index (κ2) is 7.99. The average Bonchev–Trinajstić information content (AvgIpc) is 3.16. The van der Waals surface area contributed by atoms with Crippen LogP contribution in [-0.2, 0) is 6.61 Å². The molecule has 0 bridgehead atoms. The standard InChI is InChI=1S/C20H21NO2S/c1-2-22-18-13-16(20(21)19-9-6-12-24-19)10-11-17(18)23-14-15-7-4-3-5-8-15/h3-13,20H,2,14,21H2,1H3/t20-/m0/s1. The molecule has 0 saturated heterocycles. The summed E-state index contributed by atoms with van der Waals surface area (Å²) in [6, 6.07) is 19.9. The first kappa shape index (κ1) is 16.6. The van der Waals surface area contributed by atoms with Gasteiger partial charge in [-0.2, -0.15) is 0 Å². The van der Waals surface area contributed by atoms with E-state index in [9.17, 15) is 0 Å². The molecule has 0 unspecified atom stereocenters. The van der Waals surface area contributed by atoms with Gasteiger partial charge in [-0.15, -0.1) is 11.3 Å². The Kier molecular flexibility index (Phi) is 5.51. The molecule has 2 aromatic carbocycles. The highest BCUT2D eigenvalue weighted by molar-refractivity contribution is 7.10. The Morgan fingerprint density at radius 1 is 0.958 bits per heavy atom. The van der Waals surface area contributed by atoms with Crippen LogP contribution in [0.25, 0.3) is 0 Å². The number of rotatable bonds is 7. The highest BCUT2D eigenvalue weighted by Crippen LogP contribution is 2.33. The average molecular weight is 339 g/mol. The lowest BCUT2D eigenvalue weighted by atomic mass is 10.1. The molecule has 24 heavy (non-hydrogen) atoms. The van der Waals surface area contributed by atoms with Crippen LogP contribution in [0.4, 0.5) is 0 Å². The predicted molar refractivity (Wildman–Crippen MR) is 98.7 cm³/mol. The highest BCUT2D eigenvalue weighted by Gasteiger charge is 2.14. The first-order chi connectivity index (χ1) is 11.8. The van der Waals surface area contributed by atoms with E-state index in [1.54, 1.807) is 11.3 Å². The maximum atomic E-state index is 6.35. The molecule has 3 rings (SSSR count). The van der Waals surface area contributed by atoms with E-state index < -0.39 is 0 Å². The predicted octanol–water partition coefficient (Wildman–Crippen LogP) is 4.77. The molecule has 0 radical (unpaired) electrons. The van der Waals surface area contributed by atoms with Crippen LogP contribution in [0, 0.1) is 0 Å². The van der Waals surface area contributed by atoms with E-state index in [1.807, 2.05) is 66.9 Å². The van der Waals surface area contributed by atoms with Gasteiger partial charge in [0.15, 0.2) is 11.5 Å². The minimum Gasteiger partial charge on any atom is -0.490 e. The van der Waals surface area contributed by atoms with Crippen molar-refractivity contribution < 1.29 is 9.47 Å². The quantitative estimate of drug-likeness (QED) is 0.674. The molecule has 0 saturated carbocycles. The monoisotopic (exact) mass is 339 g/mol. The van der Waals surface area contributed by atoms with Crippen molar-refractivity contribution in [1.29, 1.82) is 0 Å². The molecule has 0 aliphatic heterocycles. The van der Waals surface area contributed by atoms with Crippen molar-refractivity contribution >= 4 is 11.3 Å². The number of hydrogen-bond acceptors (Lipinski definition) is 4. The number of ether oxygens (including phenoxy) is 2. The van der Waals surface area contributed by atoms with Crippen LogP contribution < -0.4 is 15.2 Å². The third-order valence-corrected chi connectivity index (χ3v) is 4.67. The molecule has 0 fully saturated rings. The van der Waals surface area contributed by atoms with Gasteiger partial charge in [-0.05, 0) is 41.6 Å². The minimum atomic E-state index is -0.146. The van der Waals surface area contributed by atoms with Gasteiger partial charge in [-0.1, -0.05) is 42.5 Å². The van der Waals surface area contributed by atoms with Gasteiger partial charge >= 0.3 is 0 Å². The normalized spacial score (nSPS) is 11.9. The maximum Gasteiger partial charge on any atom is 0.161 e. The summed E-state index contributed by atoms with van der Waals surface area (Å²) in [7, 11) is 0. The van der Waals surface area contributed by atoms with Crippen molar-refractivity contribution in [3.05, 3.63) is 82.0 Å². The molecule has 0 aliphatic carbocycles. The lowest BCUT2D eigenvalue weighted by Crippen LogP contribution is -2.10.